The average molecular weight is 744 g/mol. The molecular weight excluding hydrogens is 696 g/mol. The normalized spacial score (nSPS) is 26.3. The van der Waals surface area contributed by atoms with Crippen molar-refractivity contribution in [3.05, 3.63) is 41.5 Å². The molecule has 2 aromatic carbocycles. The van der Waals surface area contributed by atoms with Crippen molar-refractivity contribution in [2.45, 2.75) is 82.6 Å². The average Bonchev–Trinajstić information content (AvgIpc) is 3.44. The number of hydrogen-bond acceptors (Lipinski definition) is 11. The third-order valence-electron chi connectivity index (χ3n) is 12.3. The second kappa shape index (κ2) is 14.1. The summed E-state index contributed by atoms with van der Waals surface area (Å²) in [4.78, 5) is 18.5. The molecule has 2 aliphatic carbocycles. The molecule has 11 nitrogen and oxygen atoms in total. The number of ether oxygens (including phenoxy) is 3. The smallest absolute Gasteiger partial charge is 0.319 e. The Kier molecular flexibility index (Phi) is 9.53. The van der Waals surface area contributed by atoms with Crippen LogP contribution >= 0.6 is 0 Å². The summed E-state index contributed by atoms with van der Waals surface area (Å²) >= 11 is 0. The molecule has 0 spiro atoms. The van der Waals surface area contributed by atoms with E-state index >= 15 is 8.78 Å². The standard InChI is InChI=1S/C41H47F2N5O6/c1-5-28-30(42)10-9-23-16-26(49)19-29(32(23)28)35-34(43)36-33(38(44-35)52-4)37(47-14-15-53-21-27(50)20-47)46-39(45-36)54-22-41-11-6-8-31(41)48(13-7-12-41)25-17-24(18-25)40(2,3)51/h1,9-10,16,19,24-25,27,31,49-51H,6-8,11-15,17-18,20-22H2,2-4H3. The van der Waals surface area contributed by atoms with Crippen LogP contribution in [0, 0.1) is 35.3 Å². The number of anilines is 1. The first-order valence-electron chi connectivity index (χ1n) is 18.9. The number of aliphatic hydroxyl groups is 2. The summed E-state index contributed by atoms with van der Waals surface area (Å²) in [5.74, 6) is 1.18. The van der Waals surface area contributed by atoms with Gasteiger partial charge in [0, 0.05) is 41.5 Å². The molecule has 286 valence electrons. The van der Waals surface area contributed by atoms with Crippen molar-refractivity contribution in [1.29, 1.82) is 0 Å². The highest BCUT2D eigenvalue weighted by Crippen LogP contribution is 2.52. The fourth-order valence-electron chi connectivity index (χ4n) is 9.48. The van der Waals surface area contributed by atoms with E-state index in [-0.39, 0.29) is 81.1 Å². The van der Waals surface area contributed by atoms with E-state index in [2.05, 4.69) is 20.8 Å². The topological polar surface area (TPSA) is 134 Å². The summed E-state index contributed by atoms with van der Waals surface area (Å²) in [5, 5.41) is 32.8. The molecule has 2 saturated heterocycles. The van der Waals surface area contributed by atoms with Gasteiger partial charge in [-0.05, 0) is 88.4 Å². The van der Waals surface area contributed by atoms with Gasteiger partial charge in [0.15, 0.2) is 5.82 Å². The lowest BCUT2D eigenvalue weighted by Crippen LogP contribution is -2.60. The van der Waals surface area contributed by atoms with Crippen LogP contribution in [-0.4, -0.2) is 106 Å². The number of halogens is 2. The molecule has 0 bridgehead atoms. The number of rotatable bonds is 8. The van der Waals surface area contributed by atoms with Gasteiger partial charge in [0.05, 0.1) is 44.2 Å². The number of nitrogens with zero attached hydrogens (tertiary/aromatic N) is 5. The lowest BCUT2D eigenvalue weighted by atomic mass is 9.68. The lowest BCUT2D eigenvalue weighted by molar-refractivity contribution is -0.0970. The SMILES string of the molecule is C#Cc1c(F)ccc2cc(O)cc(-c3nc(OC)c4c(N5CCOCC(O)C5)nc(OCC56CCCC5N(C5CC(C(C)(C)O)C5)CCC6)nc4c3F)c12. The second-order valence-electron chi connectivity index (χ2n) is 16.0. The highest BCUT2D eigenvalue weighted by Gasteiger charge is 2.53. The molecule has 3 atom stereocenters. The molecule has 2 aromatic heterocycles. The van der Waals surface area contributed by atoms with Gasteiger partial charge in [0.25, 0.3) is 0 Å². The zero-order valence-corrected chi connectivity index (χ0v) is 30.9. The molecule has 0 radical (unpaired) electrons. The summed E-state index contributed by atoms with van der Waals surface area (Å²) in [6.45, 7) is 6.06. The molecule has 4 aliphatic rings. The van der Waals surface area contributed by atoms with Crippen LogP contribution in [0.15, 0.2) is 24.3 Å². The number of benzene rings is 2. The highest BCUT2D eigenvalue weighted by molar-refractivity contribution is 6.04. The molecule has 4 aromatic rings. The van der Waals surface area contributed by atoms with Crippen LogP contribution in [0.25, 0.3) is 32.9 Å². The number of fused-ring (bicyclic) bond motifs is 3. The van der Waals surface area contributed by atoms with Gasteiger partial charge in [-0.15, -0.1) is 6.42 Å². The quantitative estimate of drug-likeness (QED) is 0.196. The van der Waals surface area contributed by atoms with Gasteiger partial charge in [0.1, 0.15) is 34.0 Å². The largest absolute Gasteiger partial charge is 0.508 e. The van der Waals surface area contributed by atoms with Crippen LogP contribution in [0.4, 0.5) is 14.6 Å². The van der Waals surface area contributed by atoms with E-state index in [0.717, 1.165) is 51.5 Å². The van der Waals surface area contributed by atoms with Gasteiger partial charge in [0.2, 0.25) is 5.88 Å². The van der Waals surface area contributed by atoms with Gasteiger partial charge >= 0.3 is 6.01 Å². The molecule has 0 amide bonds. The third-order valence-corrected chi connectivity index (χ3v) is 12.3. The number of pyridine rings is 1. The fraction of sp³-hybridized carbons (Fsp3) is 0.537. The van der Waals surface area contributed by atoms with Crippen molar-refractivity contribution in [1.82, 2.24) is 19.9 Å². The summed E-state index contributed by atoms with van der Waals surface area (Å²) in [7, 11) is 1.39. The van der Waals surface area contributed by atoms with E-state index in [4.69, 9.17) is 25.6 Å². The van der Waals surface area contributed by atoms with E-state index in [1.54, 1.807) is 4.90 Å². The fourth-order valence-corrected chi connectivity index (χ4v) is 9.48. The molecule has 3 N–H and O–H groups in total. The van der Waals surface area contributed by atoms with Crippen LogP contribution in [0.3, 0.4) is 0 Å². The number of terminal acetylenes is 1. The molecule has 54 heavy (non-hydrogen) atoms. The Bertz CT molecular complexity index is 2130. The Morgan fingerprint density at radius 1 is 1.09 bits per heavy atom. The number of β-amino-alcohol motifs (C(OH)–C–C–N with tert-alkyl or cyclic N) is 1. The van der Waals surface area contributed by atoms with Crippen LogP contribution < -0.4 is 14.4 Å². The summed E-state index contributed by atoms with van der Waals surface area (Å²) in [6.07, 6.45) is 12.0. The summed E-state index contributed by atoms with van der Waals surface area (Å²) in [5.41, 5.74) is -1.26. The molecule has 4 heterocycles. The number of piperidine rings is 1. The number of aromatic hydroxyl groups is 1. The predicted octanol–water partition coefficient (Wildman–Crippen LogP) is 5.58. The van der Waals surface area contributed by atoms with E-state index in [1.807, 2.05) is 13.8 Å². The molecule has 4 fully saturated rings. The number of aliphatic hydroxyl groups excluding tert-OH is 1. The van der Waals surface area contributed by atoms with Crippen molar-refractivity contribution in [2.24, 2.45) is 11.3 Å². The van der Waals surface area contributed by atoms with E-state index in [9.17, 15) is 15.3 Å². The van der Waals surface area contributed by atoms with Gasteiger partial charge in [-0.1, -0.05) is 18.4 Å². The van der Waals surface area contributed by atoms with Gasteiger partial charge in [-0.25, -0.2) is 13.8 Å². The Balaban J connectivity index is 1.23. The monoisotopic (exact) mass is 743 g/mol. The zero-order valence-electron chi connectivity index (χ0n) is 30.9. The van der Waals surface area contributed by atoms with Crippen LogP contribution in [0.1, 0.15) is 64.4 Å². The van der Waals surface area contributed by atoms with Gasteiger partial charge in [-0.2, -0.15) is 9.97 Å². The van der Waals surface area contributed by atoms with E-state index < -0.39 is 23.3 Å². The number of aromatic nitrogens is 3. The molecule has 8 rings (SSSR count). The van der Waals surface area contributed by atoms with Gasteiger partial charge < -0.3 is 34.4 Å². The Morgan fingerprint density at radius 2 is 1.89 bits per heavy atom. The minimum absolute atomic E-state index is 0.0139. The van der Waals surface area contributed by atoms with Crippen molar-refractivity contribution in [2.75, 3.05) is 51.5 Å². The van der Waals surface area contributed by atoms with Crippen molar-refractivity contribution < 1.29 is 38.3 Å². The molecule has 2 aliphatic heterocycles. The van der Waals surface area contributed by atoms with Crippen LogP contribution in [-0.2, 0) is 4.74 Å². The van der Waals surface area contributed by atoms with Crippen molar-refractivity contribution in [3.63, 3.8) is 0 Å². The lowest BCUT2D eigenvalue weighted by Gasteiger charge is -2.55. The Morgan fingerprint density at radius 3 is 2.65 bits per heavy atom. The van der Waals surface area contributed by atoms with Crippen LogP contribution in [0.2, 0.25) is 0 Å². The first-order chi connectivity index (χ1) is 25.9. The maximum absolute atomic E-state index is 17.3. The van der Waals surface area contributed by atoms with Crippen molar-refractivity contribution >= 4 is 27.5 Å². The van der Waals surface area contributed by atoms with Crippen LogP contribution in [0.5, 0.6) is 17.6 Å². The Hall–Kier alpha value is -4.35. The minimum atomic E-state index is -0.864. The molecular formula is C41H47F2N5O6. The zero-order chi connectivity index (χ0) is 37.9. The van der Waals surface area contributed by atoms with Crippen molar-refractivity contribution in [3.8, 4) is 41.2 Å². The van der Waals surface area contributed by atoms with E-state index in [1.165, 1.54) is 31.4 Å². The summed E-state index contributed by atoms with van der Waals surface area (Å²) < 4.78 is 50.2. The maximum Gasteiger partial charge on any atom is 0.319 e. The minimum Gasteiger partial charge on any atom is -0.508 e. The number of likely N-dealkylation sites (tertiary alicyclic amines) is 1. The third kappa shape index (κ3) is 6.36. The van der Waals surface area contributed by atoms with E-state index in [0.29, 0.717) is 37.2 Å². The first kappa shape index (κ1) is 36.6. The molecule has 2 saturated carbocycles. The number of phenolic OH excluding ortho intramolecular Hbond substituents is 1. The number of methoxy groups -OCH3 is 1. The molecule has 3 unspecified atom stereocenters. The molecule has 13 heteroatoms. The number of hydrogen-bond donors (Lipinski definition) is 3. The summed E-state index contributed by atoms with van der Waals surface area (Å²) in [6, 6.07) is 6.08. The highest BCUT2D eigenvalue weighted by atomic mass is 19.1. The number of phenols is 1. The Labute approximate surface area is 313 Å². The van der Waals surface area contributed by atoms with Gasteiger partial charge in [-0.3, -0.25) is 4.90 Å². The predicted molar refractivity (Wildman–Crippen MR) is 200 cm³/mol. The second-order valence-corrected chi connectivity index (χ2v) is 16.0. The maximum atomic E-state index is 17.3. The first-order valence-corrected chi connectivity index (χ1v) is 18.9.